The predicted octanol–water partition coefficient (Wildman–Crippen LogP) is 1.93. The molecular formula is C14H21ClN2O2S. The SMILES string of the molecule is CN1CCN(S(=O)(=O)CCCCl)C(c2ccccc2)C1. The van der Waals surface area contributed by atoms with E-state index in [1.807, 2.05) is 37.4 Å². The van der Waals surface area contributed by atoms with Crippen molar-refractivity contribution in [1.29, 1.82) is 0 Å². The molecular weight excluding hydrogens is 296 g/mol. The van der Waals surface area contributed by atoms with Gasteiger partial charge in [-0.25, -0.2) is 8.42 Å². The van der Waals surface area contributed by atoms with Crippen LogP contribution < -0.4 is 0 Å². The van der Waals surface area contributed by atoms with Crippen molar-refractivity contribution in [2.75, 3.05) is 38.3 Å². The minimum Gasteiger partial charge on any atom is -0.303 e. The fourth-order valence-corrected chi connectivity index (χ4v) is 4.51. The Hall–Kier alpha value is -0.620. The molecule has 1 saturated heterocycles. The normalized spacial score (nSPS) is 22.0. The van der Waals surface area contributed by atoms with Gasteiger partial charge in [0, 0.05) is 25.5 Å². The Kier molecular flexibility index (Phi) is 5.43. The smallest absolute Gasteiger partial charge is 0.214 e. The monoisotopic (exact) mass is 316 g/mol. The van der Waals surface area contributed by atoms with Crippen molar-refractivity contribution in [3.63, 3.8) is 0 Å². The number of hydrogen-bond acceptors (Lipinski definition) is 3. The number of piperazine rings is 1. The Morgan fingerprint density at radius 2 is 1.95 bits per heavy atom. The summed E-state index contributed by atoms with van der Waals surface area (Å²) in [5.41, 5.74) is 1.05. The maximum atomic E-state index is 12.5. The topological polar surface area (TPSA) is 40.6 Å². The highest BCUT2D eigenvalue weighted by molar-refractivity contribution is 7.89. The molecule has 4 nitrogen and oxygen atoms in total. The highest BCUT2D eigenvalue weighted by atomic mass is 35.5. The number of rotatable bonds is 5. The second-order valence-corrected chi connectivity index (χ2v) is 7.58. The van der Waals surface area contributed by atoms with Crippen molar-refractivity contribution in [1.82, 2.24) is 9.21 Å². The van der Waals surface area contributed by atoms with Gasteiger partial charge in [-0.05, 0) is 19.0 Å². The van der Waals surface area contributed by atoms with Gasteiger partial charge in [0.1, 0.15) is 0 Å². The summed E-state index contributed by atoms with van der Waals surface area (Å²) in [6, 6.07) is 9.74. The molecule has 0 aliphatic carbocycles. The molecule has 1 aromatic carbocycles. The molecule has 1 unspecified atom stereocenters. The molecule has 0 N–H and O–H groups in total. The largest absolute Gasteiger partial charge is 0.303 e. The third kappa shape index (κ3) is 3.73. The highest BCUT2D eigenvalue weighted by Crippen LogP contribution is 2.27. The number of likely N-dealkylation sites (N-methyl/N-ethyl adjacent to an activating group) is 1. The van der Waals surface area contributed by atoms with E-state index in [2.05, 4.69) is 4.90 Å². The first kappa shape index (κ1) is 15.8. The summed E-state index contributed by atoms with van der Waals surface area (Å²) in [4.78, 5) is 2.17. The lowest BCUT2D eigenvalue weighted by Crippen LogP contribution is -2.49. The average Bonchev–Trinajstić information content (AvgIpc) is 2.46. The van der Waals surface area contributed by atoms with Crippen LogP contribution in [0, 0.1) is 0 Å². The fraction of sp³-hybridized carbons (Fsp3) is 0.571. The van der Waals surface area contributed by atoms with E-state index in [-0.39, 0.29) is 11.8 Å². The van der Waals surface area contributed by atoms with Gasteiger partial charge in [-0.15, -0.1) is 11.6 Å². The van der Waals surface area contributed by atoms with Gasteiger partial charge in [0.2, 0.25) is 10.0 Å². The van der Waals surface area contributed by atoms with E-state index in [4.69, 9.17) is 11.6 Å². The second kappa shape index (κ2) is 6.89. The first-order valence-electron chi connectivity index (χ1n) is 6.83. The lowest BCUT2D eigenvalue weighted by atomic mass is 10.1. The van der Waals surface area contributed by atoms with Crippen LogP contribution in [0.15, 0.2) is 30.3 Å². The molecule has 6 heteroatoms. The Bertz CT molecular complexity index is 521. The molecule has 0 aromatic heterocycles. The van der Waals surface area contributed by atoms with Crippen molar-refractivity contribution in [2.24, 2.45) is 0 Å². The Balaban J connectivity index is 2.25. The lowest BCUT2D eigenvalue weighted by Gasteiger charge is -2.39. The van der Waals surface area contributed by atoms with Crippen LogP contribution >= 0.6 is 11.6 Å². The minimum atomic E-state index is -3.24. The molecule has 0 radical (unpaired) electrons. The number of hydrogen-bond donors (Lipinski definition) is 0. The van der Waals surface area contributed by atoms with Crippen LogP contribution in [0.25, 0.3) is 0 Å². The molecule has 2 rings (SSSR count). The summed E-state index contributed by atoms with van der Waals surface area (Å²) in [6.45, 7) is 2.04. The van der Waals surface area contributed by atoms with Crippen molar-refractivity contribution >= 4 is 21.6 Å². The zero-order valence-electron chi connectivity index (χ0n) is 11.7. The number of benzene rings is 1. The molecule has 1 atom stereocenters. The quantitative estimate of drug-likeness (QED) is 0.779. The number of nitrogens with zero attached hydrogens (tertiary/aromatic N) is 2. The van der Waals surface area contributed by atoms with Crippen LogP contribution in [0.5, 0.6) is 0 Å². The Morgan fingerprint density at radius 1 is 1.25 bits per heavy atom. The van der Waals surface area contributed by atoms with Crippen LogP contribution in [0.2, 0.25) is 0 Å². The molecule has 0 amide bonds. The maximum Gasteiger partial charge on any atom is 0.214 e. The van der Waals surface area contributed by atoms with Gasteiger partial charge in [0.15, 0.2) is 0 Å². The summed E-state index contributed by atoms with van der Waals surface area (Å²) in [6.07, 6.45) is 0.498. The fourth-order valence-electron chi connectivity index (χ4n) is 2.54. The second-order valence-electron chi connectivity index (χ2n) is 5.16. The van der Waals surface area contributed by atoms with E-state index < -0.39 is 10.0 Å². The van der Waals surface area contributed by atoms with Crippen molar-refractivity contribution in [2.45, 2.75) is 12.5 Å². The summed E-state index contributed by atoms with van der Waals surface area (Å²) in [5.74, 6) is 0.506. The molecule has 1 heterocycles. The maximum absolute atomic E-state index is 12.5. The van der Waals surface area contributed by atoms with Crippen LogP contribution in [-0.4, -0.2) is 55.9 Å². The van der Waals surface area contributed by atoms with Gasteiger partial charge >= 0.3 is 0 Å². The molecule has 1 fully saturated rings. The van der Waals surface area contributed by atoms with Crippen molar-refractivity contribution in [3.8, 4) is 0 Å². The van der Waals surface area contributed by atoms with Gasteiger partial charge in [0.05, 0.1) is 11.8 Å². The number of sulfonamides is 1. The molecule has 0 bridgehead atoms. The third-order valence-electron chi connectivity index (χ3n) is 3.61. The van der Waals surface area contributed by atoms with Crippen LogP contribution in [0.1, 0.15) is 18.0 Å². The van der Waals surface area contributed by atoms with Gasteiger partial charge in [-0.3, -0.25) is 0 Å². The first-order valence-corrected chi connectivity index (χ1v) is 8.98. The highest BCUT2D eigenvalue weighted by Gasteiger charge is 2.34. The van der Waals surface area contributed by atoms with Crippen molar-refractivity contribution in [3.05, 3.63) is 35.9 Å². The minimum absolute atomic E-state index is 0.102. The third-order valence-corrected chi connectivity index (χ3v) is 5.84. The van der Waals surface area contributed by atoms with Gasteiger partial charge < -0.3 is 4.90 Å². The standard InChI is InChI=1S/C14H21ClN2O2S/c1-16-9-10-17(20(18,19)11-5-8-15)14(12-16)13-6-3-2-4-7-13/h2-4,6-7,14H,5,8-12H2,1H3. The van der Waals surface area contributed by atoms with E-state index in [1.165, 1.54) is 0 Å². The summed E-state index contributed by atoms with van der Waals surface area (Å²) >= 11 is 5.63. The zero-order valence-corrected chi connectivity index (χ0v) is 13.3. The predicted molar refractivity (Wildman–Crippen MR) is 82.5 cm³/mol. The summed E-state index contributed by atoms with van der Waals surface area (Å²) < 4.78 is 26.6. The average molecular weight is 317 g/mol. The molecule has 20 heavy (non-hydrogen) atoms. The molecule has 0 saturated carbocycles. The van der Waals surface area contributed by atoms with E-state index >= 15 is 0 Å². The van der Waals surface area contributed by atoms with Crippen molar-refractivity contribution < 1.29 is 8.42 Å². The molecule has 1 aliphatic rings. The molecule has 1 aliphatic heterocycles. The van der Waals surface area contributed by atoms with Crippen LogP contribution in [0.3, 0.4) is 0 Å². The van der Waals surface area contributed by atoms with Crippen LogP contribution in [-0.2, 0) is 10.0 Å². The Morgan fingerprint density at radius 3 is 2.60 bits per heavy atom. The van der Waals surface area contributed by atoms with Gasteiger partial charge in [0.25, 0.3) is 0 Å². The summed E-state index contributed by atoms with van der Waals surface area (Å²) in [7, 11) is -1.22. The number of alkyl halides is 1. The van der Waals surface area contributed by atoms with E-state index in [9.17, 15) is 8.42 Å². The van der Waals surface area contributed by atoms with E-state index in [0.29, 0.717) is 18.8 Å². The zero-order chi connectivity index (χ0) is 14.6. The van der Waals surface area contributed by atoms with Gasteiger partial charge in [-0.1, -0.05) is 30.3 Å². The Labute approximate surface area is 126 Å². The van der Waals surface area contributed by atoms with Gasteiger partial charge in [-0.2, -0.15) is 4.31 Å². The van der Waals surface area contributed by atoms with E-state index in [1.54, 1.807) is 4.31 Å². The number of halogens is 1. The molecule has 1 aromatic rings. The van der Waals surface area contributed by atoms with Crippen LogP contribution in [0.4, 0.5) is 0 Å². The molecule has 0 spiro atoms. The van der Waals surface area contributed by atoms with E-state index in [0.717, 1.165) is 18.7 Å². The summed E-state index contributed by atoms with van der Waals surface area (Å²) in [5, 5.41) is 0. The lowest BCUT2D eigenvalue weighted by molar-refractivity contribution is 0.161. The first-order chi connectivity index (χ1) is 9.54. The molecule has 112 valence electrons.